The second kappa shape index (κ2) is 12.6. The van der Waals surface area contributed by atoms with E-state index in [1.54, 1.807) is 48.5 Å². The lowest BCUT2D eigenvalue weighted by Gasteiger charge is -2.21. The Morgan fingerprint density at radius 2 is 1.10 bits per heavy atom. The van der Waals surface area contributed by atoms with E-state index < -0.39 is 52.9 Å². The minimum atomic E-state index is -1.37. The first kappa shape index (κ1) is 29.2. The van der Waals surface area contributed by atoms with Crippen LogP contribution in [0.25, 0.3) is 0 Å². The molecule has 0 aromatic heterocycles. The lowest BCUT2D eigenvalue weighted by Crippen LogP contribution is -2.50. The number of aromatic hydroxyl groups is 4. The highest BCUT2D eigenvalue weighted by molar-refractivity contribution is 6.06. The Hall–Kier alpha value is -5.75. The van der Waals surface area contributed by atoms with Crippen LogP contribution >= 0.6 is 0 Å². The van der Waals surface area contributed by atoms with Crippen LogP contribution < -0.4 is 20.7 Å². The van der Waals surface area contributed by atoms with Crippen LogP contribution in [0.4, 0.5) is 11.4 Å². The molecule has 42 heavy (non-hydrogen) atoms. The molecule has 4 aromatic rings. The van der Waals surface area contributed by atoms with Gasteiger partial charge in [-0.15, -0.1) is 0 Å². The third-order valence-electron chi connectivity index (χ3n) is 6.04. The number of phenolic OH excluding ortho intramolecular Hbond substituents is 4. The highest BCUT2D eigenvalue weighted by Crippen LogP contribution is 2.30. The maximum absolute atomic E-state index is 12.8. The van der Waals surface area contributed by atoms with Crippen molar-refractivity contribution in [2.24, 2.45) is 0 Å². The number of anilines is 2. The van der Waals surface area contributed by atoms with E-state index in [0.717, 1.165) is 0 Å². The molecule has 0 aliphatic heterocycles. The molecule has 2 atom stereocenters. The predicted molar refractivity (Wildman–Crippen MR) is 152 cm³/mol. The van der Waals surface area contributed by atoms with Gasteiger partial charge in [0.2, 0.25) is 5.91 Å². The number of nitrogens with one attached hydrogen (secondary N) is 3. The second-order valence-corrected chi connectivity index (χ2v) is 9.13. The molecule has 0 heterocycles. The van der Waals surface area contributed by atoms with Crippen LogP contribution in [0, 0.1) is 0 Å². The molecule has 4 aromatic carbocycles. The lowest BCUT2D eigenvalue weighted by molar-refractivity contribution is -0.120. The quantitative estimate of drug-likeness (QED) is 0.138. The fraction of sp³-hybridized carbons (Fsp3) is 0.100. The van der Waals surface area contributed by atoms with Gasteiger partial charge in [-0.05, 0) is 79.7 Å². The summed E-state index contributed by atoms with van der Waals surface area (Å²) >= 11 is 0. The summed E-state index contributed by atoms with van der Waals surface area (Å²) in [4.78, 5) is 37.7. The average Bonchev–Trinajstić information content (AvgIpc) is 2.96. The average molecular weight is 574 g/mol. The first-order chi connectivity index (χ1) is 20.0. The van der Waals surface area contributed by atoms with Crippen LogP contribution in [0.5, 0.6) is 34.5 Å². The van der Waals surface area contributed by atoms with Crippen LogP contribution in [0.15, 0.2) is 84.9 Å². The molecule has 12 nitrogen and oxygen atoms in total. The van der Waals surface area contributed by atoms with E-state index in [1.807, 2.05) is 0 Å². The Morgan fingerprint density at radius 1 is 0.643 bits per heavy atom. The molecule has 4 rings (SSSR count). The standard InChI is InChI=1S/C30H27N3O9/c1-16(34)25(33-29(40)22-5-3-7-24(36)27(22)38)30(41)32-18-10-14-20(15-11-18)42-19-12-8-17(9-13-19)31-28(39)21-4-2-6-23(35)26(21)37/h2-16,25,34-38H,1H3,(H,31,39)(H,32,41)(H,33,40)/t16-,25+/m1/s1. The van der Waals surface area contributed by atoms with Crippen molar-refractivity contribution < 1.29 is 44.7 Å². The van der Waals surface area contributed by atoms with Gasteiger partial charge in [0, 0.05) is 11.4 Å². The van der Waals surface area contributed by atoms with Gasteiger partial charge in [-0.1, -0.05) is 12.1 Å². The van der Waals surface area contributed by atoms with E-state index in [0.29, 0.717) is 22.9 Å². The summed E-state index contributed by atoms with van der Waals surface area (Å²) in [5.41, 5.74) is 0.425. The number of hydrogen-bond donors (Lipinski definition) is 8. The molecule has 0 radical (unpaired) electrons. The van der Waals surface area contributed by atoms with E-state index >= 15 is 0 Å². The summed E-state index contributed by atoms with van der Waals surface area (Å²) in [5.74, 6) is -3.40. The van der Waals surface area contributed by atoms with E-state index in [1.165, 1.54) is 43.3 Å². The second-order valence-electron chi connectivity index (χ2n) is 9.13. The molecule has 3 amide bonds. The molecule has 0 saturated heterocycles. The summed E-state index contributed by atoms with van der Waals surface area (Å²) in [6.07, 6.45) is -1.28. The zero-order valence-corrected chi connectivity index (χ0v) is 22.1. The maximum Gasteiger partial charge on any atom is 0.259 e. The van der Waals surface area contributed by atoms with Gasteiger partial charge in [-0.2, -0.15) is 0 Å². The van der Waals surface area contributed by atoms with Crippen LogP contribution in [0.2, 0.25) is 0 Å². The first-order valence-corrected chi connectivity index (χ1v) is 12.5. The molecule has 0 spiro atoms. The van der Waals surface area contributed by atoms with Crippen molar-refractivity contribution in [3.63, 3.8) is 0 Å². The number of aliphatic hydroxyl groups is 1. The number of carbonyl (C=O) groups excluding carboxylic acids is 3. The molecular formula is C30H27N3O9. The highest BCUT2D eigenvalue weighted by Gasteiger charge is 2.27. The summed E-state index contributed by atoms with van der Waals surface area (Å²) in [6.45, 7) is 1.32. The molecule has 12 heteroatoms. The number of amides is 3. The van der Waals surface area contributed by atoms with E-state index in [-0.39, 0.29) is 11.1 Å². The van der Waals surface area contributed by atoms with Gasteiger partial charge >= 0.3 is 0 Å². The Bertz CT molecular complexity index is 1600. The third kappa shape index (κ3) is 6.87. The monoisotopic (exact) mass is 573 g/mol. The normalized spacial score (nSPS) is 12.0. The Kier molecular flexibility index (Phi) is 8.78. The van der Waals surface area contributed by atoms with Gasteiger partial charge in [0.15, 0.2) is 23.0 Å². The van der Waals surface area contributed by atoms with Crippen molar-refractivity contribution in [3.8, 4) is 34.5 Å². The van der Waals surface area contributed by atoms with Gasteiger partial charge in [-0.3, -0.25) is 14.4 Å². The zero-order valence-electron chi connectivity index (χ0n) is 22.1. The van der Waals surface area contributed by atoms with E-state index in [9.17, 15) is 39.9 Å². The van der Waals surface area contributed by atoms with Crippen molar-refractivity contribution in [2.75, 3.05) is 10.6 Å². The van der Waals surface area contributed by atoms with Crippen molar-refractivity contribution in [2.45, 2.75) is 19.1 Å². The number of hydrogen-bond acceptors (Lipinski definition) is 9. The first-order valence-electron chi connectivity index (χ1n) is 12.5. The summed E-state index contributed by atoms with van der Waals surface area (Å²) in [6, 6.07) is 19.1. The van der Waals surface area contributed by atoms with E-state index in [2.05, 4.69) is 16.0 Å². The number of carbonyl (C=O) groups is 3. The zero-order chi connectivity index (χ0) is 30.4. The van der Waals surface area contributed by atoms with Gasteiger partial charge in [-0.25, -0.2) is 0 Å². The molecule has 216 valence electrons. The van der Waals surface area contributed by atoms with Crippen molar-refractivity contribution in [3.05, 3.63) is 96.1 Å². The Balaban J connectivity index is 1.34. The van der Waals surface area contributed by atoms with Crippen molar-refractivity contribution in [1.82, 2.24) is 5.32 Å². The van der Waals surface area contributed by atoms with Gasteiger partial charge in [0.1, 0.15) is 17.5 Å². The topological polar surface area (TPSA) is 198 Å². The van der Waals surface area contributed by atoms with Crippen molar-refractivity contribution in [1.29, 1.82) is 0 Å². The number of aliphatic hydroxyl groups excluding tert-OH is 1. The SMILES string of the molecule is C[C@@H](O)[C@H](NC(=O)c1cccc(O)c1O)C(=O)Nc1ccc(Oc2ccc(NC(=O)c3cccc(O)c3O)cc2)cc1. The molecule has 0 unspecified atom stereocenters. The van der Waals surface area contributed by atoms with Crippen molar-refractivity contribution >= 4 is 29.1 Å². The smallest absolute Gasteiger partial charge is 0.259 e. The number of benzene rings is 4. The van der Waals surface area contributed by atoms with Crippen LogP contribution in [0.3, 0.4) is 0 Å². The predicted octanol–water partition coefficient (Wildman–Crippen LogP) is 3.67. The number of rotatable bonds is 9. The molecule has 0 bridgehead atoms. The molecule has 0 aliphatic rings. The fourth-order valence-electron chi connectivity index (χ4n) is 3.82. The van der Waals surface area contributed by atoms with Crippen LogP contribution in [0.1, 0.15) is 27.6 Å². The largest absolute Gasteiger partial charge is 0.504 e. The Labute approximate surface area is 239 Å². The molecule has 0 aliphatic carbocycles. The summed E-state index contributed by atoms with van der Waals surface area (Å²) in [5, 5.41) is 56.6. The minimum Gasteiger partial charge on any atom is -0.504 e. The number of para-hydroxylation sites is 2. The van der Waals surface area contributed by atoms with Gasteiger partial charge in [0.05, 0.1) is 17.2 Å². The van der Waals surface area contributed by atoms with Gasteiger partial charge in [0.25, 0.3) is 11.8 Å². The van der Waals surface area contributed by atoms with Crippen LogP contribution in [-0.2, 0) is 4.79 Å². The number of ether oxygens (including phenoxy) is 1. The molecular weight excluding hydrogens is 546 g/mol. The van der Waals surface area contributed by atoms with E-state index in [4.69, 9.17) is 4.74 Å². The highest BCUT2D eigenvalue weighted by atomic mass is 16.5. The summed E-state index contributed by atoms with van der Waals surface area (Å²) in [7, 11) is 0. The lowest BCUT2D eigenvalue weighted by atomic mass is 10.1. The molecule has 8 N–H and O–H groups in total. The molecule has 0 saturated carbocycles. The maximum atomic E-state index is 12.8. The molecule has 0 fully saturated rings. The third-order valence-corrected chi connectivity index (χ3v) is 6.04. The Morgan fingerprint density at radius 3 is 1.57 bits per heavy atom. The van der Waals surface area contributed by atoms with Gasteiger partial charge < -0.3 is 46.2 Å². The fourth-order valence-corrected chi connectivity index (χ4v) is 3.82. The van der Waals surface area contributed by atoms with Crippen LogP contribution in [-0.4, -0.2) is 55.4 Å². The number of phenols is 4. The summed E-state index contributed by atoms with van der Waals surface area (Å²) < 4.78 is 5.79. The minimum absolute atomic E-state index is 0.0829.